The predicted octanol–water partition coefficient (Wildman–Crippen LogP) is 3.01. The van der Waals surface area contributed by atoms with Crippen LogP contribution in [0.15, 0.2) is 24.3 Å². The highest BCUT2D eigenvalue weighted by Gasteiger charge is 2.21. The zero-order valence-electron chi connectivity index (χ0n) is 13.9. The number of carbonyl (C=O) groups excluding carboxylic acids is 2. The standard InChI is InChI=1S/C18H18O6/c1-21-15-7-5-11(17(23-3)13(15)9-19)12-6-8-16(22-2)14(10-20)18(12)24-4/h5-10H,1-4H3. The first kappa shape index (κ1) is 17.3. The van der Waals surface area contributed by atoms with Gasteiger partial charge in [-0.3, -0.25) is 9.59 Å². The molecular formula is C18H18O6. The Morgan fingerprint density at radius 2 is 1.00 bits per heavy atom. The number of hydrogen-bond acceptors (Lipinski definition) is 6. The third-order valence-corrected chi connectivity index (χ3v) is 3.69. The molecule has 0 aliphatic heterocycles. The van der Waals surface area contributed by atoms with Crippen molar-refractivity contribution < 1.29 is 28.5 Å². The Labute approximate surface area is 139 Å². The summed E-state index contributed by atoms with van der Waals surface area (Å²) in [5.41, 5.74) is 1.76. The second-order valence-corrected chi connectivity index (χ2v) is 4.76. The van der Waals surface area contributed by atoms with Crippen LogP contribution >= 0.6 is 0 Å². The van der Waals surface area contributed by atoms with Crippen molar-refractivity contribution in [1.29, 1.82) is 0 Å². The van der Waals surface area contributed by atoms with Gasteiger partial charge in [0.1, 0.15) is 23.0 Å². The van der Waals surface area contributed by atoms with Crippen LogP contribution in [-0.4, -0.2) is 41.0 Å². The molecule has 0 heterocycles. The minimum atomic E-state index is 0.281. The van der Waals surface area contributed by atoms with E-state index in [1.165, 1.54) is 28.4 Å². The van der Waals surface area contributed by atoms with Gasteiger partial charge in [-0.05, 0) is 24.3 Å². The van der Waals surface area contributed by atoms with Crippen LogP contribution in [-0.2, 0) is 0 Å². The third kappa shape index (κ3) is 2.78. The molecule has 0 aliphatic carbocycles. The fourth-order valence-electron chi connectivity index (χ4n) is 2.61. The number of hydrogen-bond donors (Lipinski definition) is 0. The molecule has 0 saturated carbocycles. The molecule has 0 saturated heterocycles. The van der Waals surface area contributed by atoms with Crippen molar-refractivity contribution in [2.45, 2.75) is 0 Å². The molecule has 0 fully saturated rings. The van der Waals surface area contributed by atoms with Crippen LogP contribution in [0.5, 0.6) is 23.0 Å². The molecule has 0 radical (unpaired) electrons. The van der Waals surface area contributed by atoms with Crippen LogP contribution in [0.1, 0.15) is 20.7 Å². The van der Waals surface area contributed by atoms with E-state index >= 15 is 0 Å². The van der Waals surface area contributed by atoms with E-state index in [4.69, 9.17) is 18.9 Å². The van der Waals surface area contributed by atoms with Gasteiger partial charge in [-0.15, -0.1) is 0 Å². The van der Waals surface area contributed by atoms with E-state index in [9.17, 15) is 9.59 Å². The highest BCUT2D eigenvalue weighted by Crippen LogP contribution is 2.44. The normalized spacial score (nSPS) is 10.0. The van der Waals surface area contributed by atoms with Crippen LogP contribution in [0.4, 0.5) is 0 Å². The first-order valence-corrected chi connectivity index (χ1v) is 7.07. The molecule has 126 valence electrons. The van der Waals surface area contributed by atoms with Crippen molar-refractivity contribution in [1.82, 2.24) is 0 Å². The fraction of sp³-hybridized carbons (Fsp3) is 0.222. The van der Waals surface area contributed by atoms with E-state index in [1.807, 2.05) is 0 Å². The third-order valence-electron chi connectivity index (χ3n) is 3.69. The van der Waals surface area contributed by atoms with Gasteiger partial charge < -0.3 is 18.9 Å². The lowest BCUT2D eigenvalue weighted by Gasteiger charge is -2.18. The lowest BCUT2D eigenvalue weighted by atomic mass is 9.97. The van der Waals surface area contributed by atoms with E-state index in [-0.39, 0.29) is 11.1 Å². The van der Waals surface area contributed by atoms with Crippen LogP contribution in [0.3, 0.4) is 0 Å². The molecule has 0 unspecified atom stereocenters. The van der Waals surface area contributed by atoms with E-state index in [0.29, 0.717) is 46.7 Å². The first-order valence-electron chi connectivity index (χ1n) is 7.07. The minimum absolute atomic E-state index is 0.281. The number of rotatable bonds is 7. The van der Waals surface area contributed by atoms with Crippen molar-refractivity contribution in [3.63, 3.8) is 0 Å². The van der Waals surface area contributed by atoms with Crippen molar-refractivity contribution in [2.24, 2.45) is 0 Å². The van der Waals surface area contributed by atoms with Gasteiger partial charge in [0.2, 0.25) is 0 Å². The molecule has 6 heteroatoms. The van der Waals surface area contributed by atoms with Crippen molar-refractivity contribution in [3.05, 3.63) is 35.4 Å². The summed E-state index contributed by atoms with van der Waals surface area (Å²) in [7, 11) is 5.86. The van der Waals surface area contributed by atoms with Crippen LogP contribution in [0.25, 0.3) is 11.1 Å². The minimum Gasteiger partial charge on any atom is -0.496 e. The van der Waals surface area contributed by atoms with Gasteiger partial charge in [-0.1, -0.05) is 0 Å². The summed E-state index contributed by atoms with van der Waals surface area (Å²) in [6.45, 7) is 0. The second kappa shape index (κ2) is 7.50. The summed E-state index contributed by atoms with van der Waals surface area (Å²) in [4.78, 5) is 22.9. The smallest absolute Gasteiger partial charge is 0.157 e. The topological polar surface area (TPSA) is 71.1 Å². The van der Waals surface area contributed by atoms with Gasteiger partial charge in [0.25, 0.3) is 0 Å². The van der Waals surface area contributed by atoms with Crippen molar-refractivity contribution in [2.75, 3.05) is 28.4 Å². The van der Waals surface area contributed by atoms with Gasteiger partial charge in [0.15, 0.2) is 12.6 Å². The SMILES string of the molecule is COc1ccc(-c2ccc(OC)c(C=O)c2OC)c(OC)c1C=O. The Bertz CT molecular complexity index is 701. The maximum Gasteiger partial charge on any atom is 0.157 e. The molecule has 0 aromatic heterocycles. The van der Waals surface area contributed by atoms with Gasteiger partial charge in [-0.2, -0.15) is 0 Å². The monoisotopic (exact) mass is 330 g/mol. The number of methoxy groups -OCH3 is 4. The number of aldehydes is 2. The van der Waals surface area contributed by atoms with Crippen LogP contribution in [0.2, 0.25) is 0 Å². The molecule has 0 aliphatic rings. The Morgan fingerprint density at radius 3 is 1.25 bits per heavy atom. The van der Waals surface area contributed by atoms with E-state index in [2.05, 4.69) is 0 Å². The summed E-state index contributed by atoms with van der Waals surface area (Å²) in [5, 5.41) is 0. The molecule has 6 nitrogen and oxygen atoms in total. The van der Waals surface area contributed by atoms with Crippen molar-refractivity contribution in [3.8, 4) is 34.1 Å². The number of carbonyl (C=O) groups is 2. The molecule has 0 N–H and O–H groups in total. The molecular weight excluding hydrogens is 312 g/mol. The summed E-state index contributed by atoms with van der Waals surface area (Å²) < 4.78 is 21.2. The fourth-order valence-corrected chi connectivity index (χ4v) is 2.61. The zero-order valence-corrected chi connectivity index (χ0v) is 13.9. The summed E-state index contributed by atoms with van der Waals surface area (Å²) in [6.07, 6.45) is 1.33. The zero-order chi connectivity index (χ0) is 17.7. The Kier molecular flexibility index (Phi) is 5.42. The molecule has 2 aromatic rings. The van der Waals surface area contributed by atoms with Crippen LogP contribution in [0, 0.1) is 0 Å². The average molecular weight is 330 g/mol. The van der Waals surface area contributed by atoms with E-state index in [1.54, 1.807) is 24.3 Å². The average Bonchev–Trinajstić information content (AvgIpc) is 2.64. The van der Waals surface area contributed by atoms with Gasteiger partial charge in [0, 0.05) is 11.1 Å². The van der Waals surface area contributed by atoms with E-state index < -0.39 is 0 Å². The summed E-state index contributed by atoms with van der Waals surface area (Å²) in [6, 6.07) is 6.80. The largest absolute Gasteiger partial charge is 0.496 e. The molecule has 24 heavy (non-hydrogen) atoms. The van der Waals surface area contributed by atoms with Gasteiger partial charge in [-0.25, -0.2) is 0 Å². The summed E-state index contributed by atoms with van der Waals surface area (Å²) >= 11 is 0. The Morgan fingerprint density at radius 1 is 0.625 bits per heavy atom. The Balaban J connectivity index is 2.82. The van der Waals surface area contributed by atoms with Gasteiger partial charge >= 0.3 is 0 Å². The Hall–Kier alpha value is -3.02. The molecule has 0 atom stereocenters. The van der Waals surface area contributed by atoms with E-state index in [0.717, 1.165) is 0 Å². The second-order valence-electron chi connectivity index (χ2n) is 4.76. The predicted molar refractivity (Wildman–Crippen MR) is 88.9 cm³/mol. The first-order chi connectivity index (χ1) is 11.7. The van der Waals surface area contributed by atoms with Gasteiger partial charge in [0.05, 0.1) is 39.6 Å². The molecule has 0 bridgehead atoms. The number of ether oxygens (including phenoxy) is 4. The highest BCUT2D eigenvalue weighted by molar-refractivity contribution is 5.94. The lowest BCUT2D eigenvalue weighted by Crippen LogP contribution is -2.01. The molecule has 2 aromatic carbocycles. The molecule has 0 spiro atoms. The maximum atomic E-state index is 11.5. The van der Waals surface area contributed by atoms with Crippen LogP contribution < -0.4 is 18.9 Å². The molecule has 2 rings (SSSR count). The maximum absolute atomic E-state index is 11.5. The quantitative estimate of drug-likeness (QED) is 0.727. The summed E-state index contributed by atoms with van der Waals surface area (Å²) in [5.74, 6) is 1.47. The lowest BCUT2D eigenvalue weighted by molar-refractivity contribution is 0.110. The molecule has 0 amide bonds. The highest BCUT2D eigenvalue weighted by atomic mass is 16.5. The number of benzene rings is 2. The van der Waals surface area contributed by atoms with Crippen molar-refractivity contribution >= 4 is 12.6 Å².